The van der Waals surface area contributed by atoms with E-state index >= 15 is 0 Å². The van der Waals surface area contributed by atoms with E-state index in [2.05, 4.69) is 18.3 Å². The molecular formula is C20H20Cl2N2O2S. The minimum atomic E-state index is -0.107. The smallest absolute Gasteiger partial charge is 0.225 e. The van der Waals surface area contributed by atoms with E-state index in [0.717, 1.165) is 24.8 Å². The predicted molar refractivity (Wildman–Crippen MR) is 110 cm³/mol. The maximum Gasteiger partial charge on any atom is 0.225 e. The molecule has 1 heterocycles. The highest BCUT2D eigenvalue weighted by Gasteiger charge is 2.24. The highest BCUT2D eigenvalue weighted by Crippen LogP contribution is 2.39. The van der Waals surface area contributed by atoms with E-state index in [9.17, 15) is 10.1 Å². The molecule has 1 atom stereocenters. The van der Waals surface area contributed by atoms with Crippen LogP contribution in [-0.2, 0) is 17.6 Å². The van der Waals surface area contributed by atoms with Gasteiger partial charge >= 0.3 is 0 Å². The van der Waals surface area contributed by atoms with Gasteiger partial charge in [0.2, 0.25) is 5.91 Å². The fraction of sp³-hybridized carbons (Fsp3) is 0.400. The van der Waals surface area contributed by atoms with Crippen molar-refractivity contribution in [3.63, 3.8) is 0 Å². The Balaban J connectivity index is 1.52. The van der Waals surface area contributed by atoms with Crippen LogP contribution in [0.1, 0.15) is 42.2 Å². The van der Waals surface area contributed by atoms with Crippen LogP contribution in [-0.4, -0.2) is 12.5 Å². The lowest BCUT2D eigenvalue weighted by Gasteiger charge is -2.17. The molecule has 0 radical (unpaired) electrons. The zero-order valence-corrected chi connectivity index (χ0v) is 17.3. The molecule has 0 bridgehead atoms. The van der Waals surface area contributed by atoms with Crippen molar-refractivity contribution >= 4 is 45.4 Å². The molecule has 3 rings (SSSR count). The number of nitrogens with one attached hydrogen (secondary N) is 1. The lowest BCUT2D eigenvalue weighted by Crippen LogP contribution is -2.13. The van der Waals surface area contributed by atoms with Gasteiger partial charge in [-0.25, -0.2) is 0 Å². The summed E-state index contributed by atoms with van der Waals surface area (Å²) in [6, 6.07) is 7.30. The SMILES string of the molecule is CC1CCc2c(sc(NC(=O)CCCOc3ccc(Cl)cc3Cl)c2C#N)C1. The molecule has 7 heteroatoms. The molecule has 142 valence electrons. The number of hydrogen-bond acceptors (Lipinski definition) is 4. The van der Waals surface area contributed by atoms with Gasteiger partial charge in [-0.1, -0.05) is 30.1 Å². The van der Waals surface area contributed by atoms with Gasteiger partial charge in [0.1, 0.15) is 16.8 Å². The lowest BCUT2D eigenvalue weighted by molar-refractivity contribution is -0.116. The average molecular weight is 423 g/mol. The van der Waals surface area contributed by atoms with Crippen molar-refractivity contribution in [1.29, 1.82) is 5.26 Å². The van der Waals surface area contributed by atoms with Crippen LogP contribution in [0, 0.1) is 17.2 Å². The summed E-state index contributed by atoms with van der Waals surface area (Å²) in [6.07, 6.45) is 3.86. The number of carbonyl (C=O) groups is 1. The standard InChI is InChI=1S/C20H20Cl2N2O2S/c1-12-4-6-14-15(11-23)20(27-18(14)9-12)24-19(25)3-2-8-26-17-7-5-13(21)10-16(17)22/h5,7,10,12H,2-4,6,8-9H2,1H3,(H,24,25). The van der Waals surface area contributed by atoms with Gasteiger partial charge in [-0.2, -0.15) is 5.26 Å². The Morgan fingerprint density at radius 3 is 3.00 bits per heavy atom. The minimum absolute atomic E-state index is 0.107. The van der Waals surface area contributed by atoms with E-state index in [-0.39, 0.29) is 5.91 Å². The van der Waals surface area contributed by atoms with E-state index in [1.54, 1.807) is 29.5 Å². The van der Waals surface area contributed by atoms with Crippen molar-refractivity contribution in [2.45, 2.75) is 39.0 Å². The Hall–Kier alpha value is -1.74. The molecule has 4 nitrogen and oxygen atoms in total. The van der Waals surface area contributed by atoms with Gasteiger partial charge in [0.05, 0.1) is 17.2 Å². The molecule has 0 saturated carbocycles. The Morgan fingerprint density at radius 1 is 1.44 bits per heavy atom. The molecule has 2 aromatic rings. The van der Waals surface area contributed by atoms with Crippen LogP contribution >= 0.6 is 34.5 Å². The largest absolute Gasteiger partial charge is 0.492 e. The number of nitriles is 1. The highest BCUT2D eigenvalue weighted by molar-refractivity contribution is 7.16. The van der Waals surface area contributed by atoms with Gasteiger partial charge in [0.15, 0.2) is 0 Å². The first-order chi connectivity index (χ1) is 13.0. The summed E-state index contributed by atoms with van der Waals surface area (Å²) < 4.78 is 5.60. The van der Waals surface area contributed by atoms with Gasteiger partial charge in [-0.05, 0) is 55.4 Å². The van der Waals surface area contributed by atoms with Crippen molar-refractivity contribution in [2.75, 3.05) is 11.9 Å². The third kappa shape index (κ3) is 4.95. The molecule has 0 fully saturated rings. The molecule has 27 heavy (non-hydrogen) atoms. The quantitative estimate of drug-likeness (QED) is 0.593. The molecule has 1 aliphatic rings. The van der Waals surface area contributed by atoms with Crippen molar-refractivity contribution in [2.24, 2.45) is 5.92 Å². The average Bonchev–Trinajstić information content (AvgIpc) is 2.96. The third-order valence-electron chi connectivity index (χ3n) is 4.58. The lowest BCUT2D eigenvalue weighted by atomic mass is 9.89. The summed E-state index contributed by atoms with van der Waals surface area (Å²) in [5.74, 6) is 1.07. The molecule has 1 aliphatic carbocycles. The summed E-state index contributed by atoms with van der Waals surface area (Å²) in [6.45, 7) is 2.60. The van der Waals surface area contributed by atoms with Crippen LogP contribution in [0.3, 0.4) is 0 Å². The molecule has 1 aromatic carbocycles. The Bertz CT molecular complexity index is 889. The summed E-state index contributed by atoms with van der Waals surface area (Å²) in [4.78, 5) is 13.5. The van der Waals surface area contributed by atoms with E-state index in [4.69, 9.17) is 27.9 Å². The molecule has 0 spiro atoms. The van der Waals surface area contributed by atoms with Gasteiger partial charge in [-0.15, -0.1) is 11.3 Å². The molecule has 1 N–H and O–H groups in total. The van der Waals surface area contributed by atoms with Gasteiger partial charge in [0, 0.05) is 16.3 Å². The number of nitrogens with zero attached hydrogens (tertiary/aromatic N) is 1. The number of carbonyl (C=O) groups excluding carboxylic acids is 1. The fourth-order valence-corrected chi connectivity index (χ4v) is 4.99. The first-order valence-electron chi connectivity index (χ1n) is 8.90. The van der Waals surface area contributed by atoms with Crippen molar-refractivity contribution < 1.29 is 9.53 Å². The van der Waals surface area contributed by atoms with Crippen molar-refractivity contribution in [3.8, 4) is 11.8 Å². The molecule has 1 aromatic heterocycles. The number of benzene rings is 1. The summed E-state index contributed by atoms with van der Waals surface area (Å²) in [7, 11) is 0. The summed E-state index contributed by atoms with van der Waals surface area (Å²) >= 11 is 13.4. The monoisotopic (exact) mass is 422 g/mol. The van der Waals surface area contributed by atoms with Gasteiger partial charge in [-0.3, -0.25) is 4.79 Å². The number of thiophene rings is 1. The van der Waals surface area contributed by atoms with E-state index < -0.39 is 0 Å². The second-order valence-electron chi connectivity index (χ2n) is 6.74. The van der Waals surface area contributed by atoms with E-state index in [1.165, 1.54) is 4.88 Å². The molecule has 0 saturated heterocycles. The Labute approximate surface area is 173 Å². The first-order valence-corrected chi connectivity index (χ1v) is 10.5. The van der Waals surface area contributed by atoms with Crippen LogP contribution in [0.2, 0.25) is 10.0 Å². The molecule has 1 amide bonds. The van der Waals surface area contributed by atoms with Gasteiger partial charge < -0.3 is 10.1 Å². The topological polar surface area (TPSA) is 62.1 Å². The number of anilines is 1. The third-order valence-corrected chi connectivity index (χ3v) is 6.28. The van der Waals surface area contributed by atoms with Crippen LogP contribution in [0.5, 0.6) is 5.75 Å². The number of hydrogen-bond donors (Lipinski definition) is 1. The zero-order valence-electron chi connectivity index (χ0n) is 15.0. The number of fused-ring (bicyclic) bond motifs is 1. The molecule has 1 unspecified atom stereocenters. The zero-order chi connectivity index (χ0) is 19.4. The maximum atomic E-state index is 12.3. The normalized spacial score (nSPS) is 15.7. The van der Waals surface area contributed by atoms with E-state index in [0.29, 0.717) is 51.7 Å². The maximum absolute atomic E-state index is 12.3. The van der Waals surface area contributed by atoms with Crippen LogP contribution in [0.4, 0.5) is 5.00 Å². The second kappa shape index (κ2) is 8.97. The highest BCUT2D eigenvalue weighted by atomic mass is 35.5. The number of ether oxygens (including phenoxy) is 1. The number of rotatable bonds is 6. The van der Waals surface area contributed by atoms with Crippen LogP contribution < -0.4 is 10.1 Å². The number of halogens is 2. The summed E-state index contributed by atoms with van der Waals surface area (Å²) in [5, 5.41) is 14.1. The van der Waals surface area contributed by atoms with Gasteiger partial charge in [0.25, 0.3) is 0 Å². The minimum Gasteiger partial charge on any atom is -0.492 e. The molecular weight excluding hydrogens is 403 g/mol. The summed E-state index contributed by atoms with van der Waals surface area (Å²) in [5.41, 5.74) is 1.76. The second-order valence-corrected chi connectivity index (χ2v) is 8.69. The molecule has 0 aliphatic heterocycles. The van der Waals surface area contributed by atoms with Crippen LogP contribution in [0.15, 0.2) is 18.2 Å². The van der Waals surface area contributed by atoms with Crippen LogP contribution in [0.25, 0.3) is 0 Å². The first kappa shape index (κ1) is 20.0. The Kier molecular flexibility index (Phi) is 6.64. The van der Waals surface area contributed by atoms with Crippen molar-refractivity contribution in [3.05, 3.63) is 44.2 Å². The van der Waals surface area contributed by atoms with E-state index in [1.807, 2.05) is 0 Å². The Morgan fingerprint density at radius 2 is 2.26 bits per heavy atom. The predicted octanol–water partition coefficient (Wildman–Crippen LogP) is 5.85. The fourth-order valence-electron chi connectivity index (χ4n) is 3.15. The van der Waals surface area contributed by atoms with Crippen molar-refractivity contribution in [1.82, 2.24) is 0 Å². The number of amides is 1.